The lowest BCUT2D eigenvalue weighted by Crippen LogP contribution is -2.38. The quantitative estimate of drug-likeness (QED) is 0.459. The Bertz CT molecular complexity index is 1200. The van der Waals surface area contributed by atoms with Gasteiger partial charge in [0.05, 0.1) is 26.5 Å². The number of carbonyl (C=O) groups excluding carboxylic acids is 2. The highest BCUT2D eigenvalue weighted by molar-refractivity contribution is 7.99. The number of nitrogens with zero attached hydrogens (tertiary/aromatic N) is 1. The Balaban J connectivity index is 1.54. The molecule has 182 valence electrons. The number of methoxy groups -OCH3 is 2. The first-order valence-electron chi connectivity index (χ1n) is 11.3. The van der Waals surface area contributed by atoms with Gasteiger partial charge in [-0.15, -0.1) is 11.8 Å². The summed E-state index contributed by atoms with van der Waals surface area (Å²) in [4.78, 5) is 28.8. The van der Waals surface area contributed by atoms with Crippen molar-refractivity contribution in [3.05, 3.63) is 72.3 Å². The SMILES string of the molecule is CCOc1ccc(NC(=O)CN2C(=O)C[C@@H](c3ccc(OC)c(OC)c3)Sc3ccccc32)cc1. The van der Waals surface area contributed by atoms with Gasteiger partial charge in [-0.2, -0.15) is 0 Å². The fourth-order valence-electron chi connectivity index (χ4n) is 3.94. The number of nitrogens with one attached hydrogen (secondary N) is 1. The summed E-state index contributed by atoms with van der Waals surface area (Å²) >= 11 is 1.60. The lowest BCUT2D eigenvalue weighted by Gasteiger charge is -2.22. The van der Waals surface area contributed by atoms with E-state index in [-0.39, 0.29) is 30.0 Å². The molecule has 1 heterocycles. The normalized spacial score (nSPS) is 15.1. The van der Waals surface area contributed by atoms with E-state index >= 15 is 0 Å². The highest BCUT2D eigenvalue weighted by Gasteiger charge is 2.30. The van der Waals surface area contributed by atoms with Crippen LogP contribution in [0.5, 0.6) is 17.2 Å². The Morgan fingerprint density at radius 1 is 1.03 bits per heavy atom. The number of anilines is 2. The van der Waals surface area contributed by atoms with Crippen molar-refractivity contribution in [3.8, 4) is 17.2 Å². The number of amides is 2. The summed E-state index contributed by atoms with van der Waals surface area (Å²) in [6.07, 6.45) is 0.241. The molecule has 0 saturated heterocycles. The second kappa shape index (κ2) is 11.2. The molecule has 0 spiro atoms. The molecule has 0 fully saturated rings. The number of rotatable bonds is 8. The zero-order valence-electron chi connectivity index (χ0n) is 19.9. The predicted molar refractivity (Wildman–Crippen MR) is 138 cm³/mol. The van der Waals surface area contributed by atoms with Crippen LogP contribution in [0.15, 0.2) is 71.6 Å². The van der Waals surface area contributed by atoms with E-state index in [0.29, 0.717) is 23.8 Å². The van der Waals surface area contributed by atoms with Gasteiger partial charge in [-0.05, 0) is 61.0 Å². The lowest BCUT2D eigenvalue weighted by atomic mass is 10.1. The van der Waals surface area contributed by atoms with E-state index in [2.05, 4.69) is 5.32 Å². The van der Waals surface area contributed by atoms with Gasteiger partial charge in [-0.1, -0.05) is 18.2 Å². The number of ether oxygens (including phenoxy) is 3. The predicted octanol–water partition coefficient (Wildman–Crippen LogP) is 5.31. The van der Waals surface area contributed by atoms with Crippen molar-refractivity contribution in [1.29, 1.82) is 0 Å². The summed E-state index contributed by atoms with van der Waals surface area (Å²) in [6, 6.07) is 20.5. The molecule has 1 atom stereocenters. The first-order valence-corrected chi connectivity index (χ1v) is 12.2. The van der Waals surface area contributed by atoms with Crippen LogP contribution in [-0.4, -0.2) is 39.2 Å². The van der Waals surface area contributed by atoms with Crippen molar-refractivity contribution in [2.45, 2.75) is 23.5 Å². The van der Waals surface area contributed by atoms with Crippen LogP contribution in [0.25, 0.3) is 0 Å². The molecule has 0 unspecified atom stereocenters. The van der Waals surface area contributed by atoms with Gasteiger partial charge >= 0.3 is 0 Å². The zero-order chi connectivity index (χ0) is 24.8. The lowest BCUT2D eigenvalue weighted by molar-refractivity contribution is -0.121. The molecule has 0 saturated carbocycles. The summed E-state index contributed by atoms with van der Waals surface area (Å²) < 4.78 is 16.3. The van der Waals surface area contributed by atoms with Crippen molar-refractivity contribution in [2.75, 3.05) is 37.6 Å². The van der Waals surface area contributed by atoms with E-state index in [1.165, 1.54) is 0 Å². The van der Waals surface area contributed by atoms with Crippen LogP contribution in [0.3, 0.4) is 0 Å². The third kappa shape index (κ3) is 5.71. The van der Waals surface area contributed by atoms with Gasteiger partial charge < -0.3 is 24.4 Å². The van der Waals surface area contributed by atoms with Crippen LogP contribution in [0.4, 0.5) is 11.4 Å². The van der Waals surface area contributed by atoms with Crippen LogP contribution in [0.1, 0.15) is 24.2 Å². The molecular formula is C27H28N2O5S. The number of hydrogen-bond donors (Lipinski definition) is 1. The smallest absolute Gasteiger partial charge is 0.244 e. The molecule has 0 radical (unpaired) electrons. The molecule has 35 heavy (non-hydrogen) atoms. The molecule has 2 amide bonds. The van der Waals surface area contributed by atoms with Gasteiger partial charge in [0.25, 0.3) is 0 Å². The average molecular weight is 493 g/mol. The number of fused-ring (bicyclic) bond motifs is 1. The zero-order valence-corrected chi connectivity index (χ0v) is 20.8. The van der Waals surface area contributed by atoms with Crippen LogP contribution >= 0.6 is 11.8 Å². The monoisotopic (exact) mass is 492 g/mol. The third-order valence-corrected chi connectivity index (χ3v) is 6.94. The van der Waals surface area contributed by atoms with Gasteiger partial charge in [0, 0.05) is 22.3 Å². The fourth-order valence-corrected chi connectivity index (χ4v) is 5.21. The molecule has 3 aromatic carbocycles. The Hall–Kier alpha value is -3.65. The topological polar surface area (TPSA) is 77.1 Å². The van der Waals surface area contributed by atoms with E-state index < -0.39 is 0 Å². The van der Waals surface area contributed by atoms with Gasteiger partial charge in [0.2, 0.25) is 11.8 Å². The largest absolute Gasteiger partial charge is 0.494 e. The maximum absolute atomic E-state index is 13.4. The molecule has 7 nitrogen and oxygen atoms in total. The molecule has 0 bridgehead atoms. The number of carbonyl (C=O) groups is 2. The van der Waals surface area contributed by atoms with E-state index in [1.54, 1.807) is 55.1 Å². The minimum absolute atomic E-state index is 0.0811. The van der Waals surface area contributed by atoms with Crippen molar-refractivity contribution in [1.82, 2.24) is 0 Å². The summed E-state index contributed by atoms with van der Waals surface area (Å²) in [5.74, 6) is 1.59. The van der Waals surface area contributed by atoms with Crippen molar-refractivity contribution in [2.24, 2.45) is 0 Å². The minimum atomic E-state index is -0.271. The van der Waals surface area contributed by atoms with Gasteiger partial charge in [-0.3, -0.25) is 9.59 Å². The molecule has 4 rings (SSSR count). The standard InChI is InChI=1S/C27H28N2O5S/c1-4-34-20-12-10-19(11-13-20)28-26(30)17-29-21-7-5-6-8-24(21)35-25(16-27(29)31)18-9-14-22(32-2)23(15-18)33-3/h5-15,25H,4,16-17H2,1-3H3,(H,28,30)/t25-/m0/s1. The van der Waals surface area contributed by atoms with Crippen LogP contribution in [0.2, 0.25) is 0 Å². The van der Waals surface area contributed by atoms with Crippen LogP contribution in [-0.2, 0) is 9.59 Å². The highest BCUT2D eigenvalue weighted by atomic mass is 32.2. The molecule has 1 aliphatic heterocycles. The number of benzene rings is 3. The molecule has 1 N–H and O–H groups in total. The van der Waals surface area contributed by atoms with E-state index in [9.17, 15) is 9.59 Å². The van der Waals surface area contributed by atoms with E-state index in [1.807, 2.05) is 49.4 Å². The Kier molecular flexibility index (Phi) is 7.82. The molecule has 0 aromatic heterocycles. The number of hydrogen-bond acceptors (Lipinski definition) is 6. The van der Waals surface area contributed by atoms with Gasteiger partial charge in [-0.25, -0.2) is 0 Å². The summed E-state index contributed by atoms with van der Waals surface area (Å²) in [6.45, 7) is 2.41. The Morgan fingerprint density at radius 3 is 2.49 bits per heavy atom. The maximum atomic E-state index is 13.4. The van der Waals surface area contributed by atoms with Crippen molar-refractivity contribution in [3.63, 3.8) is 0 Å². The second-order valence-electron chi connectivity index (χ2n) is 7.88. The minimum Gasteiger partial charge on any atom is -0.494 e. The molecule has 3 aromatic rings. The average Bonchev–Trinajstić information content (AvgIpc) is 3.01. The first-order chi connectivity index (χ1) is 17.0. The molecule has 1 aliphatic rings. The summed E-state index contributed by atoms with van der Waals surface area (Å²) in [5.41, 5.74) is 2.33. The van der Waals surface area contributed by atoms with Crippen LogP contribution in [0, 0.1) is 0 Å². The van der Waals surface area contributed by atoms with Gasteiger partial charge in [0.1, 0.15) is 12.3 Å². The van der Waals surface area contributed by atoms with E-state index in [0.717, 1.165) is 21.9 Å². The summed E-state index contributed by atoms with van der Waals surface area (Å²) in [7, 11) is 3.18. The van der Waals surface area contributed by atoms with Gasteiger partial charge in [0.15, 0.2) is 11.5 Å². The fraction of sp³-hybridized carbons (Fsp3) is 0.259. The number of para-hydroxylation sites is 1. The second-order valence-corrected chi connectivity index (χ2v) is 9.12. The van der Waals surface area contributed by atoms with Crippen LogP contribution < -0.4 is 24.4 Å². The Labute approximate surface area is 209 Å². The van der Waals surface area contributed by atoms with Crippen molar-refractivity contribution >= 4 is 35.0 Å². The Morgan fingerprint density at radius 2 is 1.77 bits per heavy atom. The number of thioether (sulfide) groups is 1. The van der Waals surface area contributed by atoms with Crippen molar-refractivity contribution < 1.29 is 23.8 Å². The molecule has 0 aliphatic carbocycles. The highest BCUT2D eigenvalue weighted by Crippen LogP contribution is 2.46. The molecular weight excluding hydrogens is 464 g/mol. The summed E-state index contributed by atoms with van der Waals surface area (Å²) in [5, 5.41) is 2.74. The third-order valence-electron chi connectivity index (χ3n) is 5.62. The maximum Gasteiger partial charge on any atom is 0.244 e. The van der Waals surface area contributed by atoms with E-state index in [4.69, 9.17) is 14.2 Å². The first kappa shape index (κ1) is 24.5. The molecule has 8 heteroatoms.